The molecule has 2 aromatic heterocycles. The molecule has 3 heterocycles. The summed E-state index contributed by atoms with van der Waals surface area (Å²) in [6, 6.07) is 7.54. The van der Waals surface area contributed by atoms with Crippen molar-refractivity contribution in [2.75, 3.05) is 6.54 Å². The molecular weight excluding hydrogens is 388 g/mol. The van der Waals surface area contributed by atoms with Gasteiger partial charge in [-0.3, -0.25) is 9.89 Å². The minimum absolute atomic E-state index is 0.0550. The van der Waals surface area contributed by atoms with Gasteiger partial charge in [0.25, 0.3) is 5.91 Å². The number of hydrogen-bond acceptors (Lipinski definition) is 4. The summed E-state index contributed by atoms with van der Waals surface area (Å²) >= 11 is 5.96. The van der Waals surface area contributed by atoms with E-state index in [9.17, 15) is 4.79 Å². The molecule has 1 saturated heterocycles. The molecule has 0 aliphatic carbocycles. The number of rotatable bonds is 5. The number of piperidine rings is 1. The van der Waals surface area contributed by atoms with Gasteiger partial charge in [-0.15, -0.1) is 0 Å². The molecule has 1 atom stereocenters. The van der Waals surface area contributed by atoms with Crippen LogP contribution in [-0.4, -0.2) is 32.5 Å². The van der Waals surface area contributed by atoms with E-state index in [1.807, 2.05) is 43.0 Å². The van der Waals surface area contributed by atoms with Crippen molar-refractivity contribution >= 4 is 17.5 Å². The highest BCUT2D eigenvalue weighted by Gasteiger charge is 2.33. The summed E-state index contributed by atoms with van der Waals surface area (Å²) in [6.45, 7) is 4.68. The van der Waals surface area contributed by atoms with E-state index in [-0.39, 0.29) is 11.9 Å². The van der Waals surface area contributed by atoms with Crippen molar-refractivity contribution in [1.82, 2.24) is 20.1 Å². The molecule has 7 heteroatoms. The van der Waals surface area contributed by atoms with Crippen LogP contribution >= 0.6 is 11.6 Å². The third-order valence-corrected chi connectivity index (χ3v) is 5.83. The number of amides is 1. The van der Waals surface area contributed by atoms with Crippen molar-refractivity contribution in [3.05, 3.63) is 69.7 Å². The van der Waals surface area contributed by atoms with Crippen LogP contribution in [0.3, 0.4) is 0 Å². The largest absolute Gasteiger partial charge is 0.443 e. The predicted molar refractivity (Wildman–Crippen MR) is 111 cm³/mol. The number of nitrogens with one attached hydrogen (secondary N) is 1. The van der Waals surface area contributed by atoms with Gasteiger partial charge in [0.2, 0.25) is 5.89 Å². The highest BCUT2D eigenvalue weighted by molar-refractivity contribution is 6.30. The Kier molecular flexibility index (Phi) is 5.72. The molecule has 1 aromatic carbocycles. The molecular formula is C22H25ClN4O2. The molecule has 1 unspecified atom stereocenters. The zero-order valence-electron chi connectivity index (χ0n) is 16.7. The van der Waals surface area contributed by atoms with Crippen molar-refractivity contribution in [2.45, 2.75) is 52.0 Å². The monoisotopic (exact) mass is 412 g/mol. The summed E-state index contributed by atoms with van der Waals surface area (Å²) in [5.41, 5.74) is 3.54. The minimum Gasteiger partial charge on any atom is -0.443 e. The average Bonchev–Trinajstić information content (AvgIpc) is 3.35. The predicted octanol–water partition coefficient (Wildman–Crippen LogP) is 4.88. The van der Waals surface area contributed by atoms with Crippen molar-refractivity contribution in [3.8, 4) is 0 Å². The molecule has 0 radical (unpaired) electrons. The van der Waals surface area contributed by atoms with Crippen LogP contribution in [0.15, 0.2) is 34.9 Å². The Morgan fingerprint density at radius 1 is 1.31 bits per heavy atom. The Morgan fingerprint density at radius 3 is 2.83 bits per heavy atom. The van der Waals surface area contributed by atoms with Gasteiger partial charge in [0.1, 0.15) is 11.8 Å². The topological polar surface area (TPSA) is 75.0 Å². The Bertz CT molecular complexity index is 993. The molecule has 1 amide bonds. The van der Waals surface area contributed by atoms with Crippen LogP contribution in [0.25, 0.3) is 0 Å². The first-order chi connectivity index (χ1) is 14.1. The minimum atomic E-state index is -0.156. The van der Waals surface area contributed by atoms with Gasteiger partial charge < -0.3 is 9.32 Å². The molecule has 3 aromatic rings. The lowest BCUT2D eigenvalue weighted by Gasteiger charge is -2.33. The Balaban J connectivity index is 1.54. The highest BCUT2D eigenvalue weighted by Crippen LogP contribution is 2.32. The van der Waals surface area contributed by atoms with Crippen LogP contribution in [0.2, 0.25) is 5.02 Å². The van der Waals surface area contributed by atoms with Gasteiger partial charge in [-0.25, -0.2) is 4.98 Å². The molecule has 152 valence electrons. The number of benzene rings is 1. The molecule has 1 aliphatic rings. The van der Waals surface area contributed by atoms with Crippen molar-refractivity contribution in [2.24, 2.45) is 0 Å². The summed E-state index contributed by atoms with van der Waals surface area (Å²) in [6.07, 6.45) is 6.09. The van der Waals surface area contributed by atoms with Crippen LogP contribution in [0.5, 0.6) is 0 Å². The van der Waals surface area contributed by atoms with E-state index in [0.29, 0.717) is 29.6 Å². The number of halogens is 1. The first-order valence-electron chi connectivity index (χ1n) is 10.1. The van der Waals surface area contributed by atoms with Crippen molar-refractivity contribution < 1.29 is 9.21 Å². The van der Waals surface area contributed by atoms with Crippen molar-refractivity contribution in [1.29, 1.82) is 0 Å². The van der Waals surface area contributed by atoms with E-state index in [2.05, 4.69) is 15.2 Å². The standard InChI is InChI=1S/C22H25ClN4O2/c1-3-18-14(2)20(26-25-18)22(28)27-11-5-4-6-19(27)21-24-13-17(29-21)12-15-7-9-16(23)10-8-15/h7-10,13,19H,3-6,11-12H2,1-2H3,(H,25,26). The maximum atomic E-state index is 13.2. The van der Waals surface area contributed by atoms with Crippen LogP contribution in [0.1, 0.15) is 71.2 Å². The van der Waals surface area contributed by atoms with Gasteiger partial charge in [0.05, 0.1) is 6.20 Å². The van der Waals surface area contributed by atoms with Gasteiger partial charge in [-0.05, 0) is 50.3 Å². The normalized spacial score (nSPS) is 16.9. The summed E-state index contributed by atoms with van der Waals surface area (Å²) in [7, 11) is 0. The van der Waals surface area contributed by atoms with Crippen LogP contribution in [0.4, 0.5) is 0 Å². The first kappa shape index (κ1) is 19.7. The molecule has 4 rings (SSSR count). The van der Waals surface area contributed by atoms with Crippen LogP contribution in [-0.2, 0) is 12.8 Å². The molecule has 0 bridgehead atoms. The molecule has 0 spiro atoms. The molecule has 6 nitrogen and oxygen atoms in total. The number of H-pyrrole nitrogens is 1. The second kappa shape index (κ2) is 8.41. The zero-order valence-corrected chi connectivity index (χ0v) is 17.5. The van der Waals surface area contributed by atoms with Gasteiger partial charge in [-0.1, -0.05) is 30.7 Å². The zero-order chi connectivity index (χ0) is 20.4. The molecule has 1 N–H and O–H groups in total. The smallest absolute Gasteiger partial charge is 0.275 e. The maximum Gasteiger partial charge on any atom is 0.275 e. The van der Waals surface area contributed by atoms with Gasteiger partial charge >= 0.3 is 0 Å². The maximum absolute atomic E-state index is 13.2. The lowest BCUT2D eigenvalue weighted by molar-refractivity contribution is 0.0563. The van der Waals surface area contributed by atoms with Crippen LogP contribution in [0, 0.1) is 6.92 Å². The molecule has 29 heavy (non-hydrogen) atoms. The molecule has 1 fully saturated rings. The number of aryl methyl sites for hydroxylation is 1. The Morgan fingerprint density at radius 2 is 2.10 bits per heavy atom. The quantitative estimate of drug-likeness (QED) is 0.648. The van der Waals surface area contributed by atoms with Gasteiger partial charge in [-0.2, -0.15) is 5.10 Å². The van der Waals surface area contributed by atoms with E-state index < -0.39 is 0 Å². The fraction of sp³-hybridized carbons (Fsp3) is 0.409. The fourth-order valence-electron chi connectivity index (χ4n) is 3.92. The third kappa shape index (κ3) is 4.08. The number of aromatic amines is 1. The Labute approximate surface area is 175 Å². The summed E-state index contributed by atoms with van der Waals surface area (Å²) in [4.78, 5) is 19.6. The number of nitrogens with zero attached hydrogens (tertiary/aromatic N) is 3. The SMILES string of the molecule is CCc1[nH]nc(C(=O)N2CCCCC2c2ncc(Cc3ccc(Cl)cc3)o2)c1C. The summed E-state index contributed by atoms with van der Waals surface area (Å²) in [5, 5.41) is 7.98. The van der Waals surface area contributed by atoms with E-state index in [0.717, 1.165) is 48.3 Å². The van der Waals surface area contributed by atoms with Gasteiger partial charge in [0.15, 0.2) is 5.69 Å². The number of hydrogen-bond donors (Lipinski definition) is 1. The summed E-state index contributed by atoms with van der Waals surface area (Å²) < 4.78 is 6.06. The highest BCUT2D eigenvalue weighted by atomic mass is 35.5. The Hall–Kier alpha value is -2.60. The number of aromatic nitrogens is 3. The second-order valence-electron chi connectivity index (χ2n) is 7.51. The number of oxazole rings is 1. The second-order valence-corrected chi connectivity index (χ2v) is 7.94. The lowest BCUT2D eigenvalue weighted by atomic mass is 10.0. The molecule has 1 aliphatic heterocycles. The van der Waals surface area contributed by atoms with E-state index in [1.54, 1.807) is 6.20 Å². The number of likely N-dealkylation sites (tertiary alicyclic amines) is 1. The van der Waals surface area contributed by atoms with E-state index in [4.69, 9.17) is 16.0 Å². The number of carbonyl (C=O) groups excluding carboxylic acids is 1. The lowest BCUT2D eigenvalue weighted by Crippen LogP contribution is -2.39. The third-order valence-electron chi connectivity index (χ3n) is 5.58. The number of carbonyl (C=O) groups is 1. The molecule has 0 saturated carbocycles. The van der Waals surface area contributed by atoms with Gasteiger partial charge in [0, 0.05) is 29.2 Å². The first-order valence-corrected chi connectivity index (χ1v) is 10.5. The van der Waals surface area contributed by atoms with E-state index in [1.165, 1.54) is 0 Å². The fourth-order valence-corrected chi connectivity index (χ4v) is 4.04. The average molecular weight is 413 g/mol. The summed E-state index contributed by atoms with van der Waals surface area (Å²) in [5.74, 6) is 1.33. The van der Waals surface area contributed by atoms with E-state index >= 15 is 0 Å². The van der Waals surface area contributed by atoms with Crippen molar-refractivity contribution in [3.63, 3.8) is 0 Å². The van der Waals surface area contributed by atoms with Crippen LogP contribution < -0.4 is 0 Å².